The highest BCUT2D eigenvalue weighted by Crippen LogP contribution is 2.26. The molecule has 2 rings (SSSR count). The van der Waals surface area contributed by atoms with E-state index in [1.54, 1.807) is 0 Å². The summed E-state index contributed by atoms with van der Waals surface area (Å²) in [6.07, 6.45) is 8.27. The molecule has 0 aliphatic carbocycles. The number of nitrogens with one attached hydrogen (secondary N) is 1. The van der Waals surface area contributed by atoms with Gasteiger partial charge in [0, 0.05) is 18.1 Å². The Bertz CT molecular complexity index is 254. The van der Waals surface area contributed by atoms with Gasteiger partial charge in [0.25, 0.3) is 0 Å². The van der Waals surface area contributed by atoms with Gasteiger partial charge in [-0.25, -0.2) is 0 Å². The maximum atomic E-state index is 3.79. The Hall–Kier alpha value is -0.120. The Morgan fingerprint density at radius 1 is 1.21 bits per heavy atom. The number of fused-ring (bicyclic) bond motifs is 1. The molecule has 0 aromatic rings. The van der Waals surface area contributed by atoms with Crippen molar-refractivity contribution < 1.29 is 0 Å². The fourth-order valence-electron chi connectivity index (χ4n) is 3.46. The van der Waals surface area contributed by atoms with Gasteiger partial charge >= 0.3 is 0 Å². The first-order chi connectivity index (χ1) is 9.16. The van der Waals surface area contributed by atoms with Crippen LogP contribution in [-0.4, -0.2) is 61.2 Å². The summed E-state index contributed by atoms with van der Waals surface area (Å²) in [4.78, 5) is 5.15. The van der Waals surface area contributed by atoms with Crippen molar-refractivity contribution in [2.45, 2.75) is 70.5 Å². The van der Waals surface area contributed by atoms with Gasteiger partial charge in [-0.1, -0.05) is 0 Å². The van der Waals surface area contributed by atoms with Crippen molar-refractivity contribution in [1.29, 1.82) is 0 Å². The van der Waals surface area contributed by atoms with Gasteiger partial charge in [-0.15, -0.1) is 0 Å². The fraction of sp³-hybridized carbons (Fsp3) is 1.00. The largest absolute Gasteiger partial charge is 0.314 e. The van der Waals surface area contributed by atoms with Gasteiger partial charge in [0.05, 0.1) is 0 Å². The molecule has 2 unspecified atom stereocenters. The second-order valence-electron chi connectivity index (χ2n) is 6.79. The van der Waals surface area contributed by atoms with Crippen LogP contribution in [0.25, 0.3) is 0 Å². The van der Waals surface area contributed by atoms with E-state index in [0.29, 0.717) is 6.04 Å². The summed E-state index contributed by atoms with van der Waals surface area (Å²) in [5, 5.41) is 3.79. The highest BCUT2D eigenvalue weighted by Gasteiger charge is 2.31. The van der Waals surface area contributed by atoms with Crippen molar-refractivity contribution in [3.63, 3.8) is 0 Å². The molecule has 0 radical (unpaired) electrons. The van der Waals surface area contributed by atoms with E-state index in [-0.39, 0.29) is 0 Å². The molecule has 0 spiro atoms. The fourth-order valence-corrected chi connectivity index (χ4v) is 3.46. The summed E-state index contributed by atoms with van der Waals surface area (Å²) < 4.78 is 0. The lowest BCUT2D eigenvalue weighted by molar-refractivity contribution is 0.166. The van der Waals surface area contributed by atoms with Gasteiger partial charge in [-0.2, -0.15) is 0 Å². The predicted molar refractivity (Wildman–Crippen MR) is 82.6 cm³/mol. The van der Waals surface area contributed by atoms with Crippen molar-refractivity contribution in [3.05, 3.63) is 0 Å². The minimum Gasteiger partial charge on any atom is -0.314 e. The number of hydrogen-bond donors (Lipinski definition) is 1. The molecule has 2 aliphatic rings. The number of unbranched alkanes of at least 4 members (excludes halogenated alkanes) is 1. The normalized spacial score (nSPS) is 28.3. The van der Waals surface area contributed by atoms with Crippen LogP contribution in [0.4, 0.5) is 0 Å². The topological polar surface area (TPSA) is 18.5 Å². The molecule has 0 aromatic heterocycles. The van der Waals surface area contributed by atoms with Crippen LogP contribution in [0.3, 0.4) is 0 Å². The van der Waals surface area contributed by atoms with E-state index in [0.717, 1.165) is 12.1 Å². The zero-order chi connectivity index (χ0) is 13.7. The van der Waals surface area contributed by atoms with E-state index < -0.39 is 0 Å². The van der Waals surface area contributed by atoms with Gasteiger partial charge in [0.2, 0.25) is 0 Å². The molecule has 0 aromatic carbocycles. The Balaban J connectivity index is 1.52. The minimum atomic E-state index is 0.680. The number of rotatable bonds is 7. The predicted octanol–water partition coefficient (Wildman–Crippen LogP) is 2.32. The van der Waals surface area contributed by atoms with E-state index in [9.17, 15) is 0 Å². The summed E-state index contributed by atoms with van der Waals surface area (Å²) in [5.74, 6) is 0. The number of piperidine rings is 1. The molecule has 0 amide bonds. The number of nitrogens with zero attached hydrogens (tertiary/aromatic N) is 2. The second-order valence-corrected chi connectivity index (χ2v) is 6.79. The van der Waals surface area contributed by atoms with E-state index in [1.165, 1.54) is 64.7 Å². The maximum absolute atomic E-state index is 3.79. The maximum Gasteiger partial charge on any atom is 0.0111 e. The third kappa shape index (κ3) is 4.73. The quantitative estimate of drug-likeness (QED) is 0.714. The summed E-state index contributed by atoms with van der Waals surface area (Å²) >= 11 is 0. The van der Waals surface area contributed by atoms with Crippen molar-refractivity contribution in [1.82, 2.24) is 15.1 Å². The highest BCUT2D eigenvalue weighted by atomic mass is 15.2. The first-order valence-electron chi connectivity index (χ1n) is 8.34. The van der Waals surface area contributed by atoms with Gasteiger partial charge in [-0.3, -0.25) is 0 Å². The van der Waals surface area contributed by atoms with Crippen LogP contribution in [0.15, 0.2) is 0 Å². The average Bonchev–Trinajstić information content (AvgIpc) is 2.85. The van der Waals surface area contributed by atoms with E-state index >= 15 is 0 Å². The molecular formula is C16H33N3. The summed E-state index contributed by atoms with van der Waals surface area (Å²) in [7, 11) is 2.23. The summed E-state index contributed by atoms with van der Waals surface area (Å²) in [5.41, 5.74) is 0. The van der Waals surface area contributed by atoms with Gasteiger partial charge in [-0.05, 0) is 85.6 Å². The smallest absolute Gasteiger partial charge is 0.0111 e. The van der Waals surface area contributed by atoms with Gasteiger partial charge in [0.1, 0.15) is 0 Å². The van der Waals surface area contributed by atoms with Crippen molar-refractivity contribution in [2.24, 2.45) is 0 Å². The van der Waals surface area contributed by atoms with Crippen molar-refractivity contribution in [2.75, 3.05) is 33.2 Å². The minimum absolute atomic E-state index is 0.680. The Labute approximate surface area is 119 Å². The number of hydrogen-bond acceptors (Lipinski definition) is 3. The molecule has 0 bridgehead atoms. The lowest BCUT2D eigenvalue weighted by atomic mass is 9.97. The Morgan fingerprint density at radius 2 is 2.05 bits per heavy atom. The summed E-state index contributed by atoms with van der Waals surface area (Å²) in [6, 6.07) is 2.38. The van der Waals surface area contributed by atoms with Crippen LogP contribution in [0, 0.1) is 0 Å². The zero-order valence-electron chi connectivity index (χ0n) is 13.2. The SMILES string of the molecule is CC(C)N(C)CCCCNC1CCN2CCCC2C1. The molecule has 0 saturated carbocycles. The standard InChI is InChI=1S/C16H33N3/c1-14(2)18(3)10-5-4-9-17-15-8-12-19-11-6-7-16(19)13-15/h14-17H,4-13H2,1-3H3. The van der Waals surface area contributed by atoms with Gasteiger partial charge < -0.3 is 15.1 Å². The molecule has 2 heterocycles. The van der Waals surface area contributed by atoms with Gasteiger partial charge in [0.15, 0.2) is 0 Å². The average molecular weight is 267 g/mol. The Kier molecular flexibility index (Phi) is 6.11. The molecule has 2 fully saturated rings. The Morgan fingerprint density at radius 3 is 2.84 bits per heavy atom. The first kappa shape index (κ1) is 15.3. The lowest BCUT2D eigenvalue weighted by Crippen LogP contribution is -2.45. The molecule has 1 N–H and O–H groups in total. The zero-order valence-corrected chi connectivity index (χ0v) is 13.2. The van der Waals surface area contributed by atoms with E-state index in [4.69, 9.17) is 0 Å². The van der Waals surface area contributed by atoms with Crippen LogP contribution in [0.5, 0.6) is 0 Å². The van der Waals surface area contributed by atoms with Crippen LogP contribution in [-0.2, 0) is 0 Å². The molecule has 2 atom stereocenters. The van der Waals surface area contributed by atoms with E-state index in [2.05, 4.69) is 36.0 Å². The molecule has 3 heteroatoms. The molecule has 3 nitrogen and oxygen atoms in total. The molecule has 2 aliphatic heterocycles. The monoisotopic (exact) mass is 267 g/mol. The second kappa shape index (κ2) is 7.61. The van der Waals surface area contributed by atoms with Crippen molar-refractivity contribution >= 4 is 0 Å². The van der Waals surface area contributed by atoms with Crippen LogP contribution >= 0.6 is 0 Å². The van der Waals surface area contributed by atoms with Crippen molar-refractivity contribution in [3.8, 4) is 0 Å². The lowest BCUT2D eigenvalue weighted by Gasteiger charge is -2.35. The third-order valence-corrected chi connectivity index (χ3v) is 5.07. The van der Waals surface area contributed by atoms with Crippen LogP contribution in [0.2, 0.25) is 0 Å². The highest BCUT2D eigenvalue weighted by molar-refractivity contribution is 4.89. The molecular weight excluding hydrogens is 234 g/mol. The van der Waals surface area contributed by atoms with Crippen LogP contribution < -0.4 is 5.32 Å². The molecule has 19 heavy (non-hydrogen) atoms. The van der Waals surface area contributed by atoms with Crippen LogP contribution in [0.1, 0.15) is 52.4 Å². The molecule has 2 saturated heterocycles. The first-order valence-corrected chi connectivity index (χ1v) is 8.34. The summed E-state index contributed by atoms with van der Waals surface area (Å²) in [6.45, 7) is 9.68. The van der Waals surface area contributed by atoms with E-state index in [1.807, 2.05) is 0 Å². The molecule has 112 valence electrons. The third-order valence-electron chi connectivity index (χ3n) is 5.07.